The summed E-state index contributed by atoms with van der Waals surface area (Å²) in [7, 11) is 0. The van der Waals surface area contributed by atoms with Crippen LogP contribution in [0.3, 0.4) is 0 Å². The molecule has 3 aromatic rings. The minimum Gasteiger partial charge on any atom is -0.383 e. The summed E-state index contributed by atoms with van der Waals surface area (Å²) in [5.74, 6) is 1.17. The van der Waals surface area contributed by atoms with Crippen LogP contribution < -0.4 is 11.5 Å². The van der Waals surface area contributed by atoms with Crippen LogP contribution in [0.1, 0.15) is 22.0 Å². The third-order valence-electron chi connectivity index (χ3n) is 3.39. The van der Waals surface area contributed by atoms with Crippen molar-refractivity contribution < 1.29 is 0 Å². The molecular weight excluding hydrogens is 286 g/mol. The molecule has 0 radical (unpaired) electrons. The molecule has 0 aliphatic carbocycles. The lowest BCUT2D eigenvalue weighted by atomic mass is 10.2. The van der Waals surface area contributed by atoms with E-state index in [2.05, 4.69) is 27.2 Å². The van der Waals surface area contributed by atoms with Crippen LogP contribution in [0.15, 0.2) is 6.20 Å². The van der Waals surface area contributed by atoms with Gasteiger partial charge in [0.2, 0.25) is 0 Å². The van der Waals surface area contributed by atoms with Crippen molar-refractivity contribution in [3.63, 3.8) is 0 Å². The van der Waals surface area contributed by atoms with Gasteiger partial charge in [-0.05, 0) is 26.0 Å². The molecule has 0 saturated heterocycles. The molecule has 7 nitrogen and oxygen atoms in total. The summed E-state index contributed by atoms with van der Waals surface area (Å²) >= 11 is 1.64. The van der Waals surface area contributed by atoms with Gasteiger partial charge >= 0.3 is 0 Å². The van der Waals surface area contributed by atoms with Gasteiger partial charge in [-0.3, -0.25) is 0 Å². The number of nitrogens with zero attached hydrogens (tertiary/aromatic N) is 5. The molecule has 0 bridgehead atoms. The Balaban J connectivity index is 1.93. The zero-order chi connectivity index (χ0) is 15.0. The van der Waals surface area contributed by atoms with Crippen LogP contribution in [0.2, 0.25) is 0 Å². The fourth-order valence-electron chi connectivity index (χ4n) is 2.22. The van der Waals surface area contributed by atoms with Crippen LogP contribution in [0.5, 0.6) is 0 Å². The molecule has 0 saturated carbocycles. The number of rotatable bonds is 4. The Labute approximate surface area is 126 Å². The number of anilines is 1. The fourth-order valence-corrected chi connectivity index (χ4v) is 3.28. The lowest BCUT2D eigenvalue weighted by Gasteiger charge is -2.03. The van der Waals surface area contributed by atoms with Gasteiger partial charge < -0.3 is 11.5 Å². The smallest absolute Gasteiger partial charge is 0.153 e. The first kappa shape index (κ1) is 13.9. The first-order chi connectivity index (χ1) is 10.1. The molecule has 4 N–H and O–H groups in total. The van der Waals surface area contributed by atoms with E-state index in [1.54, 1.807) is 16.0 Å². The predicted molar refractivity (Wildman–Crippen MR) is 83.2 cm³/mol. The van der Waals surface area contributed by atoms with E-state index in [0.717, 1.165) is 21.5 Å². The first-order valence-electron chi connectivity index (χ1n) is 6.69. The molecule has 8 heteroatoms. The highest BCUT2D eigenvalue weighted by molar-refractivity contribution is 7.18. The Morgan fingerprint density at radius 3 is 2.86 bits per heavy atom. The molecular formula is C13H17N7S. The lowest BCUT2D eigenvalue weighted by molar-refractivity contribution is 0.627. The van der Waals surface area contributed by atoms with Gasteiger partial charge in [0.1, 0.15) is 17.2 Å². The van der Waals surface area contributed by atoms with Crippen molar-refractivity contribution in [3.05, 3.63) is 28.2 Å². The van der Waals surface area contributed by atoms with E-state index in [1.807, 2.05) is 13.1 Å². The Morgan fingerprint density at radius 1 is 1.29 bits per heavy atom. The Hall–Kier alpha value is -2.06. The summed E-state index contributed by atoms with van der Waals surface area (Å²) in [5, 5.41) is 9.07. The maximum absolute atomic E-state index is 6.07. The SMILES string of the molecule is Cc1sc2nc(Cn3cc(CCN)nn3)nc(N)c2c1C. The van der Waals surface area contributed by atoms with E-state index >= 15 is 0 Å². The Kier molecular flexibility index (Phi) is 3.56. The molecule has 0 atom stereocenters. The standard InChI is InChI=1S/C13H17N7S/c1-7-8(2)21-13-11(7)12(15)16-10(17-13)6-20-5-9(3-4-14)18-19-20/h5H,3-4,6,14H2,1-2H3,(H2,15,16,17). The van der Waals surface area contributed by atoms with Crippen LogP contribution in [0.25, 0.3) is 10.2 Å². The average molecular weight is 303 g/mol. The fraction of sp³-hybridized carbons (Fsp3) is 0.385. The molecule has 0 aliphatic heterocycles. The molecule has 3 heterocycles. The average Bonchev–Trinajstić information content (AvgIpc) is 2.96. The van der Waals surface area contributed by atoms with Crippen molar-refractivity contribution in [2.75, 3.05) is 12.3 Å². The summed E-state index contributed by atoms with van der Waals surface area (Å²) in [6.07, 6.45) is 2.58. The van der Waals surface area contributed by atoms with Gasteiger partial charge in [-0.15, -0.1) is 16.4 Å². The highest BCUT2D eigenvalue weighted by atomic mass is 32.1. The molecule has 0 amide bonds. The highest BCUT2D eigenvalue weighted by Gasteiger charge is 2.13. The van der Waals surface area contributed by atoms with Crippen molar-refractivity contribution >= 4 is 27.4 Å². The zero-order valence-corrected chi connectivity index (χ0v) is 12.8. The second-order valence-corrected chi connectivity index (χ2v) is 6.14. The summed E-state index contributed by atoms with van der Waals surface area (Å²) in [6, 6.07) is 0. The van der Waals surface area contributed by atoms with E-state index in [0.29, 0.717) is 31.2 Å². The van der Waals surface area contributed by atoms with Crippen LogP contribution in [0.4, 0.5) is 5.82 Å². The summed E-state index contributed by atoms with van der Waals surface area (Å²) in [6.45, 7) is 5.12. The van der Waals surface area contributed by atoms with Crippen LogP contribution in [-0.2, 0) is 13.0 Å². The number of aromatic nitrogens is 5. The van der Waals surface area contributed by atoms with Crippen molar-refractivity contribution in [2.24, 2.45) is 5.73 Å². The van der Waals surface area contributed by atoms with Gasteiger partial charge in [-0.2, -0.15) is 0 Å². The third-order valence-corrected chi connectivity index (χ3v) is 4.49. The van der Waals surface area contributed by atoms with Gasteiger partial charge in [0.15, 0.2) is 5.82 Å². The third kappa shape index (κ3) is 2.59. The number of hydrogen-bond donors (Lipinski definition) is 2. The minimum atomic E-state index is 0.452. The Bertz CT molecular complexity index is 789. The van der Waals surface area contributed by atoms with Crippen LogP contribution >= 0.6 is 11.3 Å². The monoisotopic (exact) mass is 303 g/mol. The topological polar surface area (TPSA) is 109 Å². The maximum atomic E-state index is 6.07. The summed E-state index contributed by atoms with van der Waals surface area (Å²) < 4.78 is 1.71. The molecule has 0 unspecified atom stereocenters. The molecule has 0 aliphatic rings. The second-order valence-electron chi connectivity index (χ2n) is 4.93. The van der Waals surface area contributed by atoms with E-state index in [-0.39, 0.29) is 0 Å². The maximum Gasteiger partial charge on any atom is 0.153 e. The van der Waals surface area contributed by atoms with Gasteiger partial charge in [-0.1, -0.05) is 5.21 Å². The van der Waals surface area contributed by atoms with Crippen molar-refractivity contribution in [1.29, 1.82) is 0 Å². The zero-order valence-electron chi connectivity index (χ0n) is 12.0. The second kappa shape index (κ2) is 5.38. The van der Waals surface area contributed by atoms with Crippen molar-refractivity contribution in [1.82, 2.24) is 25.0 Å². The minimum absolute atomic E-state index is 0.452. The number of hydrogen-bond acceptors (Lipinski definition) is 7. The van der Waals surface area contributed by atoms with Gasteiger partial charge in [-0.25, -0.2) is 14.6 Å². The first-order valence-corrected chi connectivity index (χ1v) is 7.51. The van der Waals surface area contributed by atoms with E-state index in [4.69, 9.17) is 11.5 Å². The van der Waals surface area contributed by atoms with Crippen LogP contribution in [0, 0.1) is 13.8 Å². The lowest BCUT2D eigenvalue weighted by Crippen LogP contribution is -2.07. The molecule has 3 rings (SSSR count). The number of aryl methyl sites for hydroxylation is 2. The predicted octanol–water partition coefficient (Wildman–Crippen LogP) is 1.03. The number of thiophene rings is 1. The van der Waals surface area contributed by atoms with Crippen molar-refractivity contribution in [2.45, 2.75) is 26.8 Å². The van der Waals surface area contributed by atoms with Gasteiger partial charge in [0.05, 0.1) is 11.1 Å². The number of nitrogen functional groups attached to an aromatic ring is 1. The molecule has 0 spiro atoms. The quantitative estimate of drug-likeness (QED) is 0.745. The van der Waals surface area contributed by atoms with E-state index in [1.165, 1.54) is 4.88 Å². The Morgan fingerprint density at radius 2 is 2.10 bits per heavy atom. The highest BCUT2D eigenvalue weighted by Crippen LogP contribution is 2.31. The van der Waals surface area contributed by atoms with E-state index < -0.39 is 0 Å². The molecule has 110 valence electrons. The molecule has 21 heavy (non-hydrogen) atoms. The number of fused-ring (bicyclic) bond motifs is 1. The van der Waals surface area contributed by atoms with Crippen LogP contribution in [-0.4, -0.2) is 31.5 Å². The van der Waals surface area contributed by atoms with E-state index in [9.17, 15) is 0 Å². The molecule has 3 aromatic heterocycles. The van der Waals surface area contributed by atoms with Crippen molar-refractivity contribution in [3.8, 4) is 0 Å². The molecule has 0 aromatic carbocycles. The largest absolute Gasteiger partial charge is 0.383 e. The number of nitrogens with two attached hydrogens (primary N) is 2. The molecule has 0 fully saturated rings. The van der Waals surface area contributed by atoms with Gasteiger partial charge in [0.25, 0.3) is 0 Å². The van der Waals surface area contributed by atoms with Gasteiger partial charge in [0, 0.05) is 17.5 Å². The summed E-state index contributed by atoms with van der Waals surface area (Å²) in [4.78, 5) is 11.1. The summed E-state index contributed by atoms with van der Waals surface area (Å²) in [5.41, 5.74) is 13.6. The normalized spacial score (nSPS) is 11.4.